The van der Waals surface area contributed by atoms with Gasteiger partial charge in [0.05, 0.1) is 5.69 Å². The Kier molecular flexibility index (Phi) is 6.28. The summed E-state index contributed by atoms with van der Waals surface area (Å²) in [6, 6.07) is 13.7. The summed E-state index contributed by atoms with van der Waals surface area (Å²) in [6.45, 7) is 4.24. The Morgan fingerprint density at radius 2 is 1.91 bits per heavy atom. The smallest absolute Gasteiger partial charge is 0.338 e. The highest BCUT2D eigenvalue weighted by molar-refractivity contribution is 6.31. The quantitative estimate of drug-likeness (QED) is 0.346. The summed E-state index contributed by atoms with van der Waals surface area (Å²) in [5, 5.41) is 15.7. The Balaban J connectivity index is 1.22. The van der Waals surface area contributed by atoms with E-state index in [9.17, 15) is 14.7 Å². The van der Waals surface area contributed by atoms with Crippen molar-refractivity contribution in [3.05, 3.63) is 75.7 Å². The van der Waals surface area contributed by atoms with Gasteiger partial charge in [-0.05, 0) is 30.3 Å². The van der Waals surface area contributed by atoms with Gasteiger partial charge in [0.1, 0.15) is 11.6 Å². The lowest BCUT2D eigenvalue weighted by molar-refractivity contribution is -0.144. The molecule has 1 atom stereocenters. The highest BCUT2D eigenvalue weighted by Gasteiger charge is 2.32. The molecule has 176 valence electrons. The number of hydrogen-bond acceptors (Lipinski definition) is 6. The summed E-state index contributed by atoms with van der Waals surface area (Å²) in [6.07, 6.45) is 1.77. The van der Waals surface area contributed by atoms with Crippen LogP contribution in [0.5, 0.6) is 0 Å². The number of carboxylic acids is 1. The molecule has 1 aliphatic rings. The average molecular weight is 481 g/mol. The zero-order valence-corrected chi connectivity index (χ0v) is 19.2. The molecular weight excluding hydrogens is 456 g/mol. The van der Waals surface area contributed by atoms with Crippen LogP contribution in [0.25, 0.3) is 21.9 Å². The molecule has 0 bridgehead atoms. The normalized spacial score (nSPS) is 16.1. The second kappa shape index (κ2) is 9.50. The maximum absolute atomic E-state index is 12.2. The first-order valence-electron chi connectivity index (χ1n) is 11.2. The standard InChI is InChI=1S/C25H25ClN4O4/c26-16-5-6-20-18(13-16)19(15-28-20)24(25(32)33)30-11-9-29(10-12-30)8-7-27-21-14-23(31)34-22-4-2-1-3-17(21)22/h1-6,13-15,24,27-28H,7-12H2,(H,32,33)/t24-/m1/s1. The number of nitrogens with one attached hydrogen (secondary N) is 2. The van der Waals surface area contributed by atoms with E-state index in [1.807, 2.05) is 35.2 Å². The van der Waals surface area contributed by atoms with Crippen LogP contribution in [0.2, 0.25) is 5.02 Å². The molecule has 4 aromatic rings. The monoisotopic (exact) mass is 480 g/mol. The molecule has 0 saturated carbocycles. The van der Waals surface area contributed by atoms with Crippen molar-refractivity contribution in [3.8, 4) is 0 Å². The van der Waals surface area contributed by atoms with E-state index in [0.29, 0.717) is 30.2 Å². The third-order valence-electron chi connectivity index (χ3n) is 6.37. The van der Waals surface area contributed by atoms with Crippen LogP contribution in [0.15, 0.2) is 63.9 Å². The molecule has 3 heterocycles. The first-order valence-corrected chi connectivity index (χ1v) is 11.6. The number of para-hydroxylation sites is 1. The van der Waals surface area contributed by atoms with E-state index in [-0.39, 0.29) is 5.63 Å². The molecule has 9 heteroatoms. The lowest BCUT2D eigenvalue weighted by Crippen LogP contribution is -2.50. The van der Waals surface area contributed by atoms with Gasteiger partial charge in [-0.3, -0.25) is 14.6 Å². The zero-order chi connectivity index (χ0) is 23.7. The Bertz CT molecular complexity index is 1390. The van der Waals surface area contributed by atoms with Crippen LogP contribution >= 0.6 is 11.6 Å². The third kappa shape index (κ3) is 4.52. The van der Waals surface area contributed by atoms with Crippen LogP contribution in [-0.4, -0.2) is 65.1 Å². The lowest BCUT2D eigenvalue weighted by atomic mass is 10.0. The number of halogens is 1. The number of carboxylic acid groups (broad SMARTS) is 1. The number of hydrogen-bond donors (Lipinski definition) is 3. The van der Waals surface area contributed by atoms with Crippen molar-refractivity contribution in [1.82, 2.24) is 14.8 Å². The topological polar surface area (TPSA) is 102 Å². The van der Waals surface area contributed by atoms with E-state index < -0.39 is 12.0 Å². The third-order valence-corrected chi connectivity index (χ3v) is 6.60. The maximum Gasteiger partial charge on any atom is 0.338 e. The molecule has 2 aromatic carbocycles. The van der Waals surface area contributed by atoms with Crippen LogP contribution in [-0.2, 0) is 4.79 Å². The molecule has 0 radical (unpaired) electrons. The van der Waals surface area contributed by atoms with Crippen molar-refractivity contribution in [3.63, 3.8) is 0 Å². The maximum atomic E-state index is 12.2. The highest BCUT2D eigenvalue weighted by atomic mass is 35.5. The Morgan fingerprint density at radius 3 is 2.71 bits per heavy atom. The Morgan fingerprint density at radius 1 is 1.12 bits per heavy atom. The van der Waals surface area contributed by atoms with E-state index in [4.69, 9.17) is 16.0 Å². The molecule has 34 heavy (non-hydrogen) atoms. The lowest BCUT2D eigenvalue weighted by Gasteiger charge is -2.37. The van der Waals surface area contributed by atoms with Crippen molar-refractivity contribution in [2.24, 2.45) is 0 Å². The number of fused-ring (bicyclic) bond motifs is 2. The second-order valence-electron chi connectivity index (χ2n) is 8.45. The van der Waals surface area contributed by atoms with Gasteiger partial charge in [0, 0.05) is 78.4 Å². The van der Waals surface area contributed by atoms with Gasteiger partial charge in [0.25, 0.3) is 0 Å². The summed E-state index contributed by atoms with van der Waals surface area (Å²) in [5.41, 5.74) is 2.54. The van der Waals surface area contributed by atoms with Gasteiger partial charge < -0.3 is 19.8 Å². The van der Waals surface area contributed by atoms with Gasteiger partial charge in [-0.15, -0.1) is 0 Å². The van der Waals surface area contributed by atoms with Gasteiger partial charge in [-0.2, -0.15) is 0 Å². The van der Waals surface area contributed by atoms with E-state index >= 15 is 0 Å². The van der Waals surface area contributed by atoms with Crippen LogP contribution in [0, 0.1) is 0 Å². The number of piperazine rings is 1. The van der Waals surface area contributed by atoms with Crippen molar-refractivity contribution in [1.29, 1.82) is 0 Å². The molecule has 1 saturated heterocycles. The van der Waals surface area contributed by atoms with Crippen LogP contribution in [0.4, 0.5) is 5.69 Å². The first-order chi connectivity index (χ1) is 16.5. The predicted molar refractivity (Wildman–Crippen MR) is 133 cm³/mol. The minimum Gasteiger partial charge on any atom is -0.480 e. The molecular formula is C25H25ClN4O4. The molecule has 0 aliphatic carbocycles. The fourth-order valence-corrected chi connectivity index (χ4v) is 4.85. The highest BCUT2D eigenvalue weighted by Crippen LogP contribution is 2.31. The van der Waals surface area contributed by atoms with E-state index in [0.717, 1.165) is 47.2 Å². The summed E-state index contributed by atoms with van der Waals surface area (Å²) in [4.78, 5) is 31.5. The van der Waals surface area contributed by atoms with Crippen LogP contribution in [0.1, 0.15) is 11.6 Å². The molecule has 5 rings (SSSR count). The largest absolute Gasteiger partial charge is 0.480 e. The van der Waals surface area contributed by atoms with Crippen LogP contribution < -0.4 is 10.9 Å². The number of rotatable bonds is 7. The zero-order valence-electron chi connectivity index (χ0n) is 18.5. The molecule has 1 fully saturated rings. The van der Waals surface area contributed by atoms with E-state index in [1.165, 1.54) is 6.07 Å². The van der Waals surface area contributed by atoms with E-state index in [2.05, 4.69) is 15.2 Å². The number of benzene rings is 2. The number of aromatic amines is 1. The summed E-state index contributed by atoms with van der Waals surface area (Å²) in [5.74, 6) is -0.870. The van der Waals surface area contributed by atoms with Gasteiger partial charge in [0.2, 0.25) is 0 Å². The number of anilines is 1. The minimum atomic E-state index is -0.870. The number of nitrogens with zero attached hydrogens (tertiary/aromatic N) is 2. The molecule has 3 N–H and O–H groups in total. The predicted octanol–water partition coefficient (Wildman–Crippen LogP) is 3.78. The van der Waals surface area contributed by atoms with Crippen molar-refractivity contribution in [2.75, 3.05) is 44.6 Å². The number of H-pyrrole nitrogens is 1. The first kappa shape index (κ1) is 22.5. The molecule has 0 unspecified atom stereocenters. The number of aromatic nitrogens is 1. The Hall–Kier alpha value is -3.33. The summed E-state index contributed by atoms with van der Waals surface area (Å²) < 4.78 is 5.25. The van der Waals surface area contributed by atoms with Crippen molar-refractivity contribution >= 4 is 45.1 Å². The number of carbonyl (C=O) groups is 1. The SMILES string of the molecule is O=C(O)[C@@H](c1c[nH]c2ccc(Cl)cc12)N1CCN(CCNc2cc(=O)oc3ccccc23)CC1. The fraction of sp³-hybridized carbons (Fsp3) is 0.280. The second-order valence-corrected chi connectivity index (χ2v) is 8.89. The molecule has 0 spiro atoms. The summed E-state index contributed by atoms with van der Waals surface area (Å²) in [7, 11) is 0. The number of aliphatic carboxylic acids is 1. The fourth-order valence-electron chi connectivity index (χ4n) is 4.68. The molecule has 2 aromatic heterocycles. The summed E-state index contributed by atoms with van der Waals surface area (Å²) >= 11 is 6.16. The van der Waals surface area contributed by atoms with Crippen molar-refractivity contribution < 1.29 is 14.3 Å². The Labute approximate surface area is 200 Å². The molecule has 1 aliphatic heterocycles. The molecule has 8 nitrogen and oxygen atoms in total. The molecule has 0 amide bonds. The minimum absolute atomic E-state index is 0.381. The average Bonchev–Trinajstić information content (AvgIpc) is 3.22. The van der Waals surface area contributed by atoms with Gasteiger partial charge >= 0.3 is 11.6 Å². The van der Waals surface area contributed by atoms with Crippen molar-refractivity contribution in [2.45, 2.75) is 6.04 Å². The van der Waals surface area contributed by atoms with Gasteiger partial charge in [-0.1, -0.05) is 23.7 Å². The van der Waals surface area contributed by atoms with Gasteiger partial charge in [0.15, 0.2) is 0 Å². The van der Waals surface area contributed by atoms with Crippen LogP contribution in [0.3, 0.4) is 0 Å². The van der Waals surface area contributed by atoms with Gasteiger partial charge in [-0.25, -0.2) is 4.79 Å². The van der Waals surface area contributed by atoms with E-state index in [1.54, 1.807) is 18.3 Å².